The molecule has 7 heteroatoms. The van der Waals surface area contributed by atoms with Crippen molar-refractivity contribution in [3.8, 4) is 0 Å². The molecule has 1 saturated heterocycles. The molecular formula is C18H30N3O3S+. The van der Waals surface area contributed by atoms with Crippen molar-refractivity contribution in [3.05, 3.63) is 29.8 Å². The Morgan fingerprint density at radius 1 is 1.12 bits per heavy atom. The Morgan fingerprint density at radius 2 is 1.68 bits per heavy atom. The maximum absolute atomic E-state index is 12.4. The van der Waals surface area contributed by atoms with Crippen LogP contribution in [0.5, 0.6) is 0 Å². The van der Waals surface area contributed by atoms with Gasteiger partial charge in [-0.05, 0) is 56.7 Å². The number of sulfonamides is 1. The Morgan fingerprint density at radius 3 is 2.24 bits per heavy atom. The van der Waals surface area contributed by atoms with Gasteiger partial charge in [-0.25, -0.2) is 13.6 Å². The van der Waals surface area contributed by atoms with E-state index in [0.29, 0.717) is 13.0 Å². The molecule has 1 amide bonds. The van der Waals surface area contributed by atoms with Crippen molar-refractivity contribution in [2.75, 3.05) is 19.6 Å². The van der Waals surface area contributed by atoms with Crippen molar-refractivity contribution in [2.24, 2.45) is 5.14 Å². The van der Waals surface area contributed by atoms with Crippen LogP contribution >= 0.6 is 0 Å². The summed E-state index contributed by atoms with van der Waals surface area (Å²) in [5.74, 6) is 0.0942. The van der Waals surface area contributed by atoms with E-state index in [2.05, 4.69) is 5.32 Å². The number of benzene rings is 1. The third-order valence-electron chi connectivity index (χ3n) is 4.97. The number of nitrogens with one attached hydrogen (secondary N) is 2. The second-order valence-corrected chi connectivity index (χ2v) is 8.44. The molecule has 0 spiro atoms. The molecular weight excluding hydrogens is 338 g/mol. The van der Waals surface area contributed by atoms with Crippen LogP contribution in [0, 0.1) is 0 Å². The van der Waals surface area contributed by atoms with E-state index in [1.165, 1.54) is 49.1 Å². The van der Waals surface area contributed by atoms with Gasteiger partial charge in [0.2, 0.25) is 10.0 Å². The van der Waals surface area contributed by atoms with E-state index in [1.54, 1.807) is 12.1 Å². The number of nitrogens with two attached hydrogens (primary N) is 1. The fraction of sp³-hybridized carbons (Fsp3) is 0.611. The van der Waals surface area contributed by atoms with Crippen molar-refractivity contribution in [3.63, 3.8) is 0 Å². The fourth-order valence-corrected chi connectivity index (χ4v) is 3.82. The summed E-state index contributed by atoms with van der Waals surface area (Å²) in [4.78, 5) is 13.9. The number of hydrogen-bond acceptors (Lipinski definition) is 3. The molecule has 1 aliphatic rings. The number of primary sulfonamides is 1. The van der Waals surface area contributed by atoms with Crippen molar-refractivity contribution in [2.45, 2.75) is 56.4 Å². The van der Waals surface area contributed by atoms with Gasteiger partial charge in [0.15, 0.2) is 6.04 Å². The molecule has 25 heavy (non-hydrogen) atoms. The van der Waals surface area contributed by atoms with Gasteiger partial charge in [-0.15, -0.1) is 0 Å². The predicted molar refractivity (Wildman–Crippen MR) is 97.8 cm³/mol. The lowest BCUT2D eigenvalue weighted by molar-refractivity contribution is -0.915. The first-order valence-electron chi connectivity index (χ1n) is 9.12. The Bertz CT molecular complexity index is 651. The maximum Gasteiger partial charge on any atom is 0.278 e. The molecule has 1 atom stereocenters. The zero-order valence-corrected chi connectivity index (χ0v) is 15.8. The summed E-state index contributed by atoms with van der Waals surface area (Å²) in [5.41, 5.74) is 0.971. The largest absolute Gasteiger partial charge is 0.351 e. The van der Waals surface area contributed by atoms with E-state index in [4.69, 9.17) is 5.14 Å². The van der Waals surface area contributed by atoms with Crippen molar-refractivity contribution >= 4 is 15.9 Å². The Hall–Kier alpha value is -1.44. The number of carbonyl (C=O) groups is 1. The van der Waals surface area contributed by atoms with Crippen LogP contribution in [0.4, 0.5) is 0 Å². The average molecular weight is 369 g/mol. The second-order valence-electron chi connectivity index (χ2n) is 6.88. The Balaban J connectivity index is 1.79. The number of rotatable bonds is 6. The van der Waals surface area contributed by atoms with E-state index >= 15 is 0 Å². The van der Waals surface area contributed by atoms with Crippen LogP contribution in [0.3, 0.4) is 0 Å². The molecule has 0 saturated carbocycles. The number of hydrogen-bond donors (Lipinski definition) is 3. The van der Waals surface area contributed by atoms with E-state index in [1.807, 2.05) is 6.92 Å². The van der Waals surface area contributed by atoms with Crippen LogP contribution in [0.1, 0.15) is 44.6 Å². The lowest BCUT2D eigenvalue weighted by Gasteiger charge is -2.26. The molecule has 0 radical (unpaired) electrons. The van der Waals surface area contributed by atoms with Gasteiger partial charge in [0.25, 0.3) is 5.91 Å². The van der Waals surface area contributed by atoms with E-state index in [-0.39, 0.29) is 16.8 Å². The van der Waals surface area contributed by atoms with E-state index in [0.717, 1.165) is 18.7 Å². The van der Waals surface area contributed by atoms with Crippen LogP contribution < -0.4 is 15.4 Å². The third kappa shape index (κ3) is 6.41. The summed E-state index contributed by atoms with van der Waals surface area (Å²) in [6.45, 7) is 4.70. The Kier molecular flexibility index (Phi) is 7.40. The molecule has 1 aliphatic heterocycles. The Labute approximate surface area is 150 Å². The summed E-state index contributed by atoms with van der Waals surface area (Å²) in [6.07, 6.45) is 6.92. The van der Waals surface area contributed by atoms with E-state index in [9.17, 15) is 13.2 Å². The van der Waals surface area contributed by atoms with Gasteiger partial charge in [-0.3, -0.25) is 4.79 Å². The molecule has 1 fully saturated rings. The summed E-state index contributed by atoms with van der Waals surface area (Å²) in [6, 6.07) is 6.44. The molecule has 0 aliphatic carbocycles. The summed E-state index contributed by atoms with van der Waals surface area (Å²) in [7, 11) is -3.66. The van der Waals surface area contributed by atoms with Crippen LogP contribution in [0.25, 0.3) is 0 Å². The standard InChI is InChI=1S/C18H29N3O3S/c1-15(21-13-5-3-2-4-6-14-21)18(22)20-12-11-16-7-9-17(10-8-16)25(19,23)24/h7-10,15H,2-6,11-14H2,1H3,(H,20,22)(H2,19,23,24)/p+1/t15-/m1/s1. The van der Waals surface area contributed by atoms with Gasteiger partial charge in [-0.1, -0.05) is 18.6 Å². The zero-order chi connectivity index (χ0) is 18.3. The van der Waals surface area contributed by atoms with Gasteiger partial charge >= 0.3 is 0 Å². The molecule has 0 unspecified atom stereocenters. The highest BCUT2D eigenvalue weighted by atomic mass is 32.2. The van der Waals surface area contributed by atoms with Gasteiger partial charge in [0.1, 0.15) is 0 Å². The van der Waals surface area contributed by atoms with Crippen molar-refractivity contribution in [1.82, 2.24) is 5.32 Å². The van der Waals surface area contributed by atoms with Crippen LogP contribution in [0.2, 0.25) is 0 Å². The molecule has 140 valence electrons. The zero-order valence-electron chi connectivity index (χ0n) is 15.0. The smallest absolute Gasteiger partial charge is 0.278 e. The average Bonchev–Trinajstić information content (AvgIpc) is 2.53. The quantitative estimate of drug-likeness (QED) is 0.671. The van der Waals surface area contributed by atoms with Gasteiger partial charge in [-0.2, -0.15) is 0 Å². The summed E-state index contributed by atoms with van der Waals surface area (Å²) < 4.78 is 22.5. The molecule has 6 nitrogen and oxygen atoms in total. The highest BCUT2D eigenvalue weighted by Crippen LogP contribution is 2.09. The number of carbonyl (C=O) groups excluding carboxylic acids is 1. The lowest BCUT2D eigenvalue weighted by Crippen LogP contribution is -3.16. The van der Waals surface area contributed by atoms with Crippen LogP contribution in [0.15, 0.2) is 29.2 Å². The second kappa shape index (κ2) is 9.31. The molecule has 4 N–H and O–H groups in total. The first kappa shape index (κ1) is 19.9. The minimum atomic E-state index is -3.66. The van der Waals surface area contributed by atoms with Crippen molar-refractivity contribution < 1.29 is 18.1 Å². The lowest BCUT2D eigenvalue weighted by atomic mass is 10.1. The molecule has 1 aromatic rings. The monoisotopic (exact) mass is 368 g/mol. The number of likely N-dealkylation sites (tertiary alicyclic amines) is 1. The van der Waals surface area contributed by atoms with E-state index < -0.39 is 10.0 Å². The first-order chi connectivity index (χ1) is 11.9. The summed E-state index contributed by atoms with van der Waals surface area (Å²) in [5, 5.41) is 8.09. The normalized spacial score (nSPS) is 18.2. The fourth-order valence-electron chi connectivity index (χ4n) is 3.31. The number of quaternary nitrogens is 1. The maximum atomic E-state index is 12.4. The SMILES string of the molecule is C[C@H](C(=O)NCCc1ccc(S(N)(=O)=O)cc1)[NH+]1CCCCCCC1. The van der Waals surface area contributed by atoms with Gasteiger partial charge in [0, 0.05) is 6.54 Å². The minimum absolute atomic E-state index is 0.0251. The molecule has 1 heterocycles. The molecule has 0 bridgehead atoms. The predicted octanol–water partition coefficient (Wildman–Crippen LogP) is 0.230. The topological polar surface area (TPSA) is 93.7 Å². The van der Waals surface area contributed by atoms with Gasteiger partial charge < -0.3 is 10.2 Å². The van der Waals surface area contributed by atoms with Gasteiger partial charge in [0.05, 0.1) is 18.0 Å². The summed E-state index contributed by atoms with van der Waals surface area (Å²) >= 11 is 0. The van der Waals surface area contributed by atoms with Crippen LogP contribution in [-0.2, 0) is 21.2 Å². The number of amides is 1. The third-order valence-corrected chi connectivity index (χ3v) is 5.90. The molecule has 2 rings (SSSR count). The van der Waals surface area contributed by atoms with Crippen LogP contribution in [-0.4, -0.2) is 40.0 Å². The minimum Gasteiger partial charge on any atom is -0.351 e. The highest BCUT2D eigenvalue weighted by molar-refractivity contribution is 7.89. The van der Waals surface area contributed by atoms with Crippen molar-refractivity contribution in [1.29, 1.82) is 0 Å². The highest BCUT2D eigenvalue weighted by Gasteiger charge is 2.24. The molecule has 0 aromatic heterocycles. The first-order valence-corrected chi connectivity index (χ1v) is 10.7. The molecule has 1 aromatic carbocycles.